The molecule has 0 bridgehead atoms. The van der Waals surface area contributed by atoms with E-state index in [4.69, 9.17) is 14.2 Å². The molecule has 1 aliphatic heterocycles. The molecule has 0 aromatic heterocycles. The maximum Gasteiger partial charge on any atom is 0.407 e. The summed E-state index contributed by atoms with van der Waals surface area (Å²) in [5.41, 5.74) is 0.0693. The average molecular weight is 610 g/mol. The molecule has 2 fully saturated rings. The molecule has 1 unspecified atom stereocenters. The lowest BCUT2D eigenvalue weighted by atomic mass is 9.87. The van der Waals surface area contributed by atoms with Gasteiger partial charge in [-0.1, -0.05) is 32.1 Å². The highest BCUT2D eigenvalue weighted by Crippen LogP contribution is 2.26. The van der Waals surface area contributed by atoms with E-state index in [2.05, 4.69) is 10.6 Å². The highest BCUT2D eigenvalue weighted by molar-refractivity contribution is 5.90. The van der Waals surface area contributed by atoms with Crippen molar-refractivity contribution >= 4 is 29.8 Å². The Morgan fingerprint density at radius 3 is 2.28 bits per heavy atom. The lowest BCUT2D eigenvalue weighted by Gasteiger charge is -2.28. The molecule has 1 aromatic rings. The molecule has 3 amide bonds. The summed E-state index contributed by atoms with van der Waals surface area (Å²) in [6.07, 6.45) is 4.78. The number of nitrogens with one attached hydrogen (secondary N) is 2. The van der Waals surface area contributed by atoms with Crippen molar-refractivity contribution in [2.24, 2.45) is 5.92 Å². The third-order valence-corrected chi connectivity index (χ3v) is 7.91. The number of carbonyl (C=O) groups is 5. The first kappa shape index (κ1) is 33.7. The standard InChI is InChI=1S/C30H41F2N3O8/c1-18(43-28(38)25-10-7-12-35(25)19(2)36)26(29(39)41-3)34-27(37)24(16-21-14-22(31)17-23(32)15-21)33-30(40)42-13-11-20-8-5-4-6-9-20/h14-15,17-18,20,24-26H,4-13,16H2,1-3H3,(H,33,40)(H,34,37)/t18-,24+,25?,26+/m1/s1. The molecule has 4 atom stereocenters. The predicted octanol–water partition coefficient (Wildman–Crippen LogP) is 3.17. The van der Waals surface area contributed by atoms with Gasteiger partial charge in [0.2, 0.25) is 11.8 Å². The van der Waals surface area contributed by atoms with Gasteiger partial charge in [-0.2, -0.15) is 0 Å². The first-order valence-electron chi connectivity index (χ1n) is 14.7. The van der Waals surface area contributed by atoms with E-state index in [0.29, 0.717) is 37.8 Å². The molecular formula is C30H41F2N3O8. The molecular weight excluding hydrogens is 568 g/mol. The fourth-order valence-electron chi connectivity index (χ4n) is 5.62. The molecule has 0 spiro atoms. The third-order valence-electron chi connectivity index (χ3n) is 7.91. The number of carbonyl (C=O) groups excluding carboxylic acids is 5. The number of nitrogens with zero attached hydrogens (tertiary/aromatic N) is 1. The van der Waals surface area contributed by atoms with Gasteiger partial charge < -0.3 is 29.7 Å². The number of hydrogen-bond donors (Lipinski definition) is 2. The quantitative estimate of drug-likeness (QED) is 0.272. The Kier molecular flexibility index (Phi) is 12.7. The molecule has 1 aromatic carbocycles. The molecule has 1 heterocycles. The van der Waals surface area contributed by atoms with Crippen molar-refractivity contribution < 1.29 is 47.0 Å². The molecule has 13 heteroatoms. The van der Waals surface area contributed by atoms with Crippen molar-refractivity contribution in [2.45, 2.75) is 95.9 Å². The van der Waals surface area contributed by atoms with Crippen molar-refractivity contribution in [3.05, 3.63) is 35.4 Å². The van der Waals surface area contributed by atoms with E-state index in [9.17, 15) is 32.8 Å². The minimum Gasteiger partial charge on any atom is -0.467 e. The van der Waals surface area contributed by atoms with Crippen molar-refractivity contribution in [1.82, 2.24) is 15.5 Å². The molecule has 238 valence electrons. The maximum absolute atomic E-state index is 13.9. The summed E-state index contributed by atoms with van der Waals surface area (Å²) in [4.78, 5) is 64.8. The molecule has 0 radical (unpaired) electrons. The van der Waals surface area contributed by atoms with Crippen LogP contribution >= 0.6 is 0 Å². The Balaban J connectivity index is 1.70. The minimum absolute atomic E-state index is 0.0693. The van der Waals surface area contributed by atoms with Crippen LogP contribution in [0.4, 0.5) is 13.6 Å². The summed E-state index contributed by atoms with van der Waals surface area (Å²) in [6.45, 7) is 3.24. The van der Waals surface area contributed by atoms with Gasteiger partial charge in [-0.25, -0.2) is 23.2 Å². The van der Waals surface area contributed by atoms with Gasteiger partial charge in [0.05, 0.1) is 13.7 Å². The largest absolute Gasteiger partial charge is 0.467 e. The van der Waals surface area contributed by atoms with E-state index in [1.807, 2.05) is 0 Å². The van der Waals surface area contributed by atoms with E-state index >= 15 is 0 Å². The maximum atomic E-state index is 13.9. The van der Waals surface area contributed by atoms with Crippen LogP contribution in [-0.2, 0) is 39.8 Å². The summed E-state index contributed by atoms with van der Waals surface area (Å²) in [5, 5.41) is 4.86. The van der Waals surface area contributed by atoms with Crippen molar-refractivity contribution in [3.63, 3.8) is 0 Å². The molecule has 1 saturated heterocycles. The van der Waals surface area contributed by atoms with Crippen molar-refractivity contribution in [3.8, 4) is 0 Å². The smallest absolute Gasteiger partial charge is 0.407 e. The van der Waals surface area contributed by atoms with E-state index in [1.54, 1.807) is 0 Å². The van der Waals surface area contributed by atoms with Crippen LogP contribution in [0.3, 0.4) is 0 Å². The number of rotatable bonds is 12. The van der Waals surface area contributed by atoms with E-state index in [-0.39, 0.29) is 24.5 Å². The summed E-state index contributed by atoms with van der Waals surface area (Å²) in [5.74, 6) is -4.17. The summed E-state index contributed by atoms with van der Waals surface area (Å²) >= 11 is 0. The second-order valence-electron chi connectivity index (χ2n) is 11.1. The van der Waals surface area contributed by atoms with Crippen LogP contribution in [0, 0.1) is 17.6 Å². The van der Waals surface area contributed by atoms with Gasteiger partial charge in [-0.3, -0.25) is 9.59 Å². The van der Waals surface area contributed by atoms with Gasteiger partial charge in [0.15, 0.2) is 6.04 Å². The first-order valence-corrected chi connectivity index (χ1v) is 14.7. The van der Waals surface area contributed by atoms with Crippen LogP contribution in [0.2, 0.25) is 0 Å². The topological polar surface area (TPSA) is 140 Å². The lowest BCUT2D eigenvalue weighted by molar-refractivity contribution is -0.163. The van der Waals surface area contributed by atoms with Crippen LogP contribution < -0.4 is 10.6 Å². The van der Waals surface area contributed by atoms with E-state index in [1.165, 1.54) is 25.2 Å². The van der Waals surface area contributed by atoms with Gasteiger partial charge >= 0.3 is 18.0 Å². The fraction of sp³-hybridized carbons (Fsp3) is 0.633. The summed E-state index contributed by atoms with van der Waals surface area (Å²) in [6, 6.07) is -1.03. The average Bonchev–Trinajstić information content (AvgIpc) is 3.46. The molecule has 2 N–H and O–H groups in total. The van der Waals surface area contributed by atoms with Crippen molar-refractivity contribution in [2.75, 3.05) is 20.3 Å². The van der Waals surface area contributed by atoms with Gasteiger partial charge in [-0.05, 0) is 49.8 Å². The van der Waals surface area contributed by atoms with Crippen LogP contribution in [0.5, 0.6) is 0 Å². The Morgan fingerprint density at radius 1 is 0.977 bits per heavy atom. The number of methoxy groups -OCH3 is 1. The number of alkyl carbamates (subject to hydrolysis) is 1. The number of hydrogen-bond acceptors (Lipinski definition) is 8. The Morgan fingerprint density at radius 2 is 1.65 bits per heavy atom. The highest BCUT2D eigenvalue weighted by Gasteiger charge is 2.38. The van der Waals surface area contributed by atoms with E-state index in [0.717, 1.165) is 44.9 Å². The normalized spacial score (nSPS) is 19.1. The zero-order valence-corrected chi connectivity index (χ0v) is 24.9. The number of ether oxygens (including phenoxy) is 3. The number of halogens is 2. The second kappa shape index (κ2) is 16.2. The van der Waals surface area contributed by atoms with Gasteiger partial charge in [0, 0.05) is 26.0 Å². The molecule has 2 aliphatic rings. The summed E-state index contributed by atoms with van der Waals surface area (Å²) in [7, 11) is 1.08. The van der Waals surface area contributed by atoms with Crippen LogP contribution in [0.1, 0.15) is 70.8 Å². The monoisotopic (exact) mass is 609 g/mol. The lowest BCUT2D eigenvalue weighted by Crippen LogP contribution is -2.56. The van der Waals surface area contributed by atoms with Crippen LogP contribution in [-0.4, -0.2) is 79.2 Å². The molecule has 43 heavy (non-hydrogen) atoms. The predicted molar refractivity (Wildman–Crippen MR) is 149 cm³/mol. The van der Waals surface area contributed by atoms with Crippen LogP contribution in [0.15, 0.2) is 18.2 Å². The second-order valence-corrected chi connectivity index (χ2v) is 11.1. The number of amides is 3. The molecule has 1 aliphatic carbocycles. The third kappa shape index (κ3) is 10.2. The number of benzene rings is 1. The van der Waals surface area contributed by atoms with Crippen molar-refractivity contribution in [1.29, 1.82) is 0 Å². The summed E-state index contributed by atoms with van der Waals surface area (Å²) < 4.78 is 43.3. The zero-order valence-electron chi connectivity index (χ0n) is 24.9. The molecule has 11 nitrogen and oxygen atoms in total. The molecule has 3 rings (SSSR count). The zero-order chi connectivity index (χ0) is 31.5. The number of esters is 2. The van der Waals surface area contributed by atoms with E-state index < -0.39 is 59.8 Å². The Labute approximate surface area is 250 Å². The fourth-order valence-corrected chi connectivity index (χ4v) is 5.62. The Bertz CT molecular complexity index is 1140. The van der Waals surface area contributed by atoms with Gasteiger partial charge in [0.25, 0.3) is 0 Å². The Hall–Kier alpha value is -3.77. The van der Waals surface area contributed by atoms with Crippen LogP contribution in [0.25, 0.3) is 0 Å². The molecule has 1 saturated carbocycles. The first-order chi connectivity index (χ1) is 20.5. The minimum atomic E-state index is -1.50. The number of likely N-dealkylation sites (tertiary alicyclic amines) is 1. The van der Waals surface area contributed by atoms with Gasteiger partial charge in [-0.15, -0.1) is 0 Å². The SMILES string of the molecule is COC(=O)[C@@H](NC(=O)[C@H](Cc1cc(F)cc(F)c1)NC(=O)OCCC1CCCCC1)[C@@H](C)OC(=O)C1CCCN1C(C)=O. The van der Waals surface area contributed by atoms with Gasteiger partial charge in [0.1, 0.15) is 29.8 Å². The highest BCUT2D eigenvalue weighted by atomic mass is 19.1.